The van der Waals surface area contributed by atoms with Gasteiger partial charge in [-0.25, -0.2) is 4.98 Å². The Hall–Kier alpha value is -2.06. The summed E-state index contributed by atoms with van der Waals surface area (Å²) in [6.45, 7) is 1.32. The van der Waals surface area contributed by atoms with Crippen LogP contribution in [0.25, 0.3) is 11.4 Å². The van der Waals surface area contributed by atoms with Crippen molar-refractivity contribution in [1.82, 2.24) is 25.8 Å². The monoisotopic (exact) mass is 347 g/mol. The highest BCUT2D eigenvalue weighted by Gasteiger charge is 2.16. The Morgan fingerprint density at radius 1 is 1.42 bits per heavy atom. The van der Waals surface area contributed by atoms with Crippen molar-refractivity contribution < 1.29 is 9.53 Å². The number of thioether (sulfide) groups is 1. The van der Waals surface area contributed by atoms with Crippen LogP contribution >= 0.6 is 11.8 Å². The van der Waals surface area contributed by atoms with Crippen LogP contribution < -0.4 is 15.4 Å². The Labute approximate surface area is 145 Å². The summed E-state index contributed by atoms with van der Waals surface area (Å²) in [6.07, 6.45) is 0.493. The van der Waals surface area contributed by atoms with Gasteiger partial charge in [0.1, 0.15) is 11.6 Å². The number of nitrogens with zero attached hydrogens (tertiary/aromatic N) is 2. The first kappa shape index (κ1) is 16.8. The second-order valence-corrected chi connectivity index (χ2v) is 6.69. The first-order valence-electron chi connectivity index (χ1n) is 7.88. The molecule has 8 heteroatoms. The molecule has 128 valence electrons. The second-order valence-electron chi connectivity index (χ2n) is 5.54. The number of rotatable bonds is 6. The minimum Gasteiger partial charge on any atom is -0.497 e. The van der Waals surface area contributed by atoms with E-state index in [2.05, 4.69) is 25.8 Å². The molecule has 1 unspecified atom stereocenters. The molecule has 3 rings (SSSR count). The minimum absolute atomic E-state index is 0.0254. The Balaban J connectivity index is 1.50. The third-order valence-corrected chi connectivity index (χ3v) is 4.89. The van der Waals surface area contributed by atoms with Crippen LogP contribution in [-0.4, -0.2) is 52.3 Å². The van der Waals surface area contributed by atoms with Gasteiger partial charge >= 0.3 is 0 Å². The maximum Gasteiger partial charge on any atom is 0.221 e. The molecule has 24 heavy (non-hydrogen) atoms. The van der Waals surface area contributed by atoms with Gasteiger partial charge in [0.15, 0.2) is 5.82 Å². The number of H-pyrrole nitrogens is 1. The van der Waals surface area contributed by atoms with Gasteiger partial charge in [-0.15, -0.1) is 0 Å². The highest BCUT2D eigenvalue weighted by Crippen LogP contribution is 2.18. The van der Waals surface area contributed by atoms with Crippen LogP contribution in [-0.2, 0) is 11.3 Å². The zero-order chi connectivity index (χ0) is 16.8. The topological polar surface area (TPSA) is 91.9 Å². The molecule has 1 aromatic heterocycles. The summed E-state index contributed by atoms with van der Waals surface area (Å²) in [4.78, 5) is 16.4. The van der Waals surface area contributed by atoms with Gasteiger partial charge in [0.2, 0.25) is 5.91 Å². The number of ether oxygens (including phenoxy) is 1. The van der Waals surface area contributed by atoms with E-state index in [0.29, 0.717) is 24.6 Å². The largest absolute Gasteiger partial charge is 0.497 e. The number of aromatic nitrogens is 3. The molecule has 0 radical (unpaired) electrons. The van der Waals surface area contributed by atoms with Crippen LogP contribution in [0.3, 0.4) is 0 Å². The van der Waals surface area contributed by atoms with Crippen LogP contribution in [0.5, 0.6) is 5.75 Å². The van der Waals surface area contributed by atoms with E-state index in [1.165, 1.54) is 0 Å². The lowest BCUT2D eigenvalue weighted by Gasteiger charge is -2.22. The van der Waals surface area contributed by atoms with Crippen LogP contribution in [0.15, 0.2) is 24.3 Å². The number of hydrogen-bond donors (Lipinski definition) is 3. The Bertz CT molecular complexity index is 667. The molecule has 1 aliphatic rings. The summed E-state index contributed by atoms with van der Waals surface area (Å²) < 4.78 is 5.13. The molecule has 1 saturated heterocycles. The van der Waals surface area contributed by atoms with Gasteiger partial charge in [-0.05, 0) is 24.3 Å². The van der Waals surface area contributed by atoms with Crippen LogP contribution in [0.2, 0.25) is 0 Å². The smallest absolute Gasteiger partial charge is 0.221 e. The zero-order valence-electron chi connectivity index (χ0n) is 13.5. The maximum atomic E-state index is 12.0. The van der Waals surface area contributed by atoms with Gasteiger partial charge in [0.05, 0.1) is 13.7 Å². The normalized spacial score (nSPS) is 17.5. The SMILES string of the molecule is COc1ccc(-c2n[nH]c(CNC(=O)CC3CSCCN3)n2)cc1. The zero-order valence-corrected chi connectivity index (χ0v) is 14.4. The summed E-state index contributed by atoms with van der Waals surface area (Å²) in [5, 5.41) is 13.3. The van der Waals surface area contributed by atoms with E-state index in [4.69, 9.17) is 4.74 Å². The molecular formula is C16H21N5O2S. The summed E-state index contributed by atoms with van der Waals surface area (Å²) in [6, 6.07) is 7.78. The van der Waals surface area contributed by atoms with Crippen LogP contribution in [0.1, 0.15) is 12.2 Å². The van der Waals surface area contributed by atoms with Crippen molar-refractivity contribution in [3.63, 3.8) is 0 Å². The van der Waals surface area contributed by atoms with Crippen LogP contribution in [0.4, 0.5) is 0 Å². The fraction of sp³-hybridized carbons (Fsp3) is 0.438. The van der Waals surface area contributed by atoms with Gasteiger partial charge in [-0.2, -0.15) is 16.9 Å². The van der Waals surface area contributed by atoms with Crippen molar-refractivity contribution in [2.45, 2.75) is 19.0 Å². The highest BCUT2D eigenvalue weighted by molar-refractivity contribution is 7.99. The van der Waals surface area contributed by atoms with E-state index < -0.39 is 0 Å². The molecular weight excluding hydrogens is 326 g/mol. The lowest BCUT2D eigenvalue weighted by atomic mass is 10.2. The number of aromatic amines is 1. The van der Waals surface area contributed by atoms with Gasteiger partial charge in [0, 0.05) is 36.1 Å². The van der Waals surface area contributed by atoms with E-state index >= 15 is 0 Å². The Morgan fingerprint density at radius 2 is 2.25 bits per heavy atom. The lowest BCUT2D eigenvalue weighted by molar-refractivity contribution is -0.121. The average Bonchev–Trinajstić information content (AvgIpc) is 3.10. The van der Waals surface area contributed by atoms with Crippen molar-refractivity contribution in [3.05, 3.63) is 30.1 Å². The van der Waals surface area contributed by atoms with Crippen molar-refractivity contribution in [2.75, 3.05) is 25.2 Å². The Kier molecular flexibility index (Phi) is 5.71. The molecule has 0 bridgehead atoms. The number of benzene rings is 1. The number of carbonyl (C=O) groups is 1. The summed E-state index contributed by atoms with van der Waals surface area (Å²) in [5.41, 5.74) is 0.896. The van der Waals surface area contributed by atoms with Crippen molar-refractivity contribution in [3.8, 4) is 17.1 Å². The Morgan fingerprint density at radius 3 is 2.96 bits per heavy atom. The van der Waals surface area contributed by atoms with E-state index in [-0.39, 0.29) is 11.9 Å². The molecule has 1 amide bonds. The van der Waals surface area contributed by atoms with Crippen molar-refractivity contribution >= 4 is 17.7 Å². The number of methoxy groups -OCH3 is 1. The van der Waals surface area contributed by atoms with E-state index in [0.717, 1.165) is 29.4 Å². The highest BCUT2D eigenvalue weighted by atomic mass is 32.2. The van der Waals surface area contributed by atoms with E-state index in [1.807, 2.05) is 36.0 Å². The number of carbonyl (C=O) groups excluding carboxylic acids is 1. The molecule has 1 aromatic carbocycles. The molecule has 2 aromatic rings. The molecule has 1 aliphatic heterocycles. The molecule has 1 atom stereocenters. The summed E-state index contributed by atoms with van der Waals surface area (Å²) >= 11 is 1.88. The van der Waals surface area contributed by atoms with Crippen molar-refractivity contribution in [2.24, 2.45) is 0 Å². The van der Waals surface area contributed by atoms with Gasteiger partial charge in [-0.3, -0.25) is 9.89 Å². The number of hydrogen-bond acceptors (Lipinski definition) is 6. The fourth-order valence-electron chi connectivity index (χ4n) is 2.47. The average molecular weight is 347 g/mol. The molecule has 1 fully saturated rings. The van der Waals surface area contributed by atoms with Gasteiger partial charge in [-0.1, -0.05) is 0 Å². The third-order valence-electron chi connectivity index (χ3n) is 3.76. The summed E-state index contributed by atoms with van der Waals surface area (Å²) in [7, 11) is 1.63. The molecule has 2 heterocycles. The summed E-state index contributed by atoms with van der Waals surface area (Å²) in [5.74, 6) is 4.16. The van der Waals surface area contributed by atoms with Crippen molar-refractivity contribution in [1.29, 1.82) is 0 Å². The quantitative estimate of drug-likeness (QED) is 0.727. The number of nitrogens with one attached hydrogen (secondary N) is 3. The minimum atomic E-state index is 0.0254. The molecule has 0 saturated carbocycles. The molecule has 3 N–H and O–H groups in total. The first-order chi connectivity index (χ1) is 11.7. The van der Waals surface area contributed by atoms with E-state index in [9.17, 15) is 4.79 Å². The lowest BCUT2D eigenvalue weighted by Crippen LogP contribution is -2.41. The predicted molar refractivity (Wildman–Crippen MR) is 94.0 cm³/mol. The predicted octanol–water partition coefficient (Wildman–Crippen LogP) is 1.19. The molecule has 0 aliphatic carbocycles. The number of amides is 1. The third kappa shape index (κ3) is 4.48. The first-order valence-corrected chi connectivity index (χ1v) is 9.03. The van der Waals surface area contributed by atoms with Crippen LogP contribution in [0, 0.1) is 0 Å². The maximum absolute atomic E-state index is 12.0. The molecule has 7 nitrogen and oxygen atoms in total. The van der Waals surface area contributed by atoms with E-state index in [1.54, 1.807) is 7.11 Å². The second kappa shape index (κ2) is 8.16. The van der Waals surface area contributed by atoms with Gasteiger partial charge < -0.3 is 15.4 Å². The fourth-order valence-corrected chi connectivity index (χ4v) is 3.42. The molecule has 0 spiro atoms. The van der Waals surface area contributed by atoms with Gasteiger partial charge in [0.25, 0.3) is 0 Å². The standard InChI is InChI=1S/C16H21N5O2S/c1-23-13-4-2-11(3-5-13)16-19-14(20-21-16)9-18-15(22)8-12-10-24-7-6-17-12/h2-5,12,17H,6-10H2,1H3,(H,18,22)(H,19,20,21).